The lowest BCUT2D eigenvalue weighted by Crippen LogP contribution is -2.06. The van der Waals surface area contributed by atoms with Gasteiger partial charge in [0.25, 0.3) is 0 Å². The molecule has 2 aromatic carbocycles. The van der Waals surface area contributed by atoms with E-state index in [1.165, 1.54) is 5.56 Å². The summed E-state index contributed by atoms with van der Waals surface area (Å²) in [4.78, 5) is 0. The van der Waals surface area contributed by atoms with Crippen LogP contribution in [0.4, 0.5) is 5.69 Å². The van der Waals surface area contributed by atoms with Crippen molar-refractivity contribution in [1.29, 1.82) is 0 Å². The molecule has 94 valence electrons. The molecule has 0 bridgehead atoms. The first-order chi connectivity index (χ1) is 8.70. The first-order valence-electron chi connectivity index (χ1n) is 5.85. The molecule has 18 heavy (non-hydrogen) atoms. The van der Waals surface area contributed by atoms with Gasteiger partial charge in [0, 0.05) is 16.6 Å². The van der Waals surface area contributed by atoms with Crippen molar-refractivity contribution < 1.29 is 4.74 Å². The summed E-state index contributed by atoms with van der Waals surface area (Å²) in [5.74, 6) is 0.848. The molecule has 0 fully saturated rings. The van der Waals surface area contributed by atoms with Gasteiger partial charge in [-0.05, 0) is 40.5 Å². The van der Waals surface area contributed by atoms with E-state index in [0.29, 0.717) is 0 Å². The van der Waals surface area contributed by atoms with Crippen LogP contribution in [0.2, 0.25) is 0 Å². The third-order valence-electron chi connectivity index (χ3n) is 2.85. The summed E-state index contributed by atoms with van der Waals surface area (Å²) >= 11 is 3.54. The summed E-state index contributed by atoms with van der Waals surface area (Å²) in [6.45, 7) is 2.14. The van der Waals surface area contributed by atoms with E-state index in [9.17, 15) is 0 Å². The largest absolute Gasteiger partial charge is 0.497 e. The van der Waals surface area contributed by atoms with E-state index in [1.807, 2.05) is 36.4 Å². The molecule has 0 spiro atoms. The van der Waals surface area contributed by atoms with Crippen molar-refractivity contribution in [3.63, 3.8) is 0 Å². The van der Waals surface area contributed by atoms with Gasteiger partial charge >= 0.3 is 0 Å². The van der Waals surface area contributed by atoms with Gasteiger partial charge in [-0.1, -0.05) is 30.3 Å². The average molecular weight is 306 g/mol. The number of benzene rings is 2. The number of nitrogens with one attached hydrogen (secondary N) is 1. The summed E-state index contributed by atoms with van der Waals surface area (Å²) in [5, 5.41) is 3.47. The van der Waals surface area contributed by atoms with Gasteiger partial charge < -0.3 is 10.1 Å². The lowest BCUT2D eigenvalue weighted by molar-refractivity contribution is 0.415. The first-order valence-corrected chi connectivity index (χ1v) is 6.65. The molecule has 3 heteroatoms. The summed E-state index contributed by atoms with van der Waals surface area (Å²) in [7, 11) is 1.67. The molecule has 0 amide bonds. The Balaban J connectivity index is 2.18. The zero-order chi connectivity index (χ0) is 13.0. The fraction of sp³-hybridized carbons (Fsp3) is 0.200. The molecule has 0 saturated heterocycles. The Hall–Kier alpha value is -1.48. The van der Waals surface area contributed by atoms with Crippen LogP contribution in [0.3, 0.4) is 0 Å². The number of rotatable bonds is 4. The first kappa shape index (κ1) is 13.0. The normalized spacial score (nSPS) is 11.9. The molecule has 1 N–H and O–H groups in total. The minimum absolute atomic E-state index is 0.245. The number of halogens is 1. The maximum absolute atomic E-state index is 5.24. The third-order valence-corrected chi connectivity index (χ3v) is 3.54. The monoisotopic (exact) mass is 305 g/mol. The second-order valence-electron chi connectivity index (χ2n) is 4.12. The van der Waals surface area contributed by atoms with E-state index in [2.05, 4.69) is 40.3 Å². The lowest BCUT2D eigenvalue weighted by Gasteiger charge is -2.17. The van der Waals surface area contributed by atoms with E-state index in [4.69, 9.17) is 4.74 Å². The van der Waals surface area contributed by atoms with Crippen molar-refractivity contribution in [1.82, 2.24) is 0 Å². The molecule has 0 aliphatic rings. The molecule has 0 aliphatic heterocycles. The smallest absolute Gasteiger partial charge is 0.121 e. The topological polar surface area (TPSA) is 21.3 Å². The van der Waals surface area contributed by atoms with Gasteiger partial charge in [0.05, 0.1) is 12.8 Å². The van der Waals surface area contributed by atoms with E-state index >= 15 is 0 Å². The predicted octanol–water partition coefficient (Wildman–Crippen LogP) is 4.63. The highest BCUT2D eigenvalue weighted by molar-refractivity contribution is 9.10. The van der Waals surface area contributed by atoms with Crippen molar-refractivity contribution in [3.8, 4) is 5.75 Å². The van der Waals surface area contributed by atoms with Crippen LogP contribution in [0.25, 0.3) is 0 Å². The van der Waals surface area contributed by atoms with E-state index in [1.54, 1.807) is 7.11 Å². The van der Waals surface area contributed by atoms with Crippen molar-refractivity contribution in [2.24, 2.45) is 0 Å². The number of ether oxygens (including phenoxy) is 1. The average Bonchev–Trinajstić information content (AvgIpc) is 2.42. The summed E-state index contributed by atoms with van der Waals surface area (Å²) in [6.07, 6.45) is 0. The van der Waals surface area contributed by atoms with Gasteiger partial charge in [0.15, 0.2) is 0 Å². The minimum atomic E-state index is 0.245. The molecule has 2 aromatic rings. The van der Waals surface area contributed by atoms with Gasteiger partial charge in [0.1, 0.15) is 5.75 Å². The molecule has 0 aromatic heterocycles. The second-order valence-corrected chi connectivity index (χ2v) is 4.98. The van der Waals surface area contributed by atoms with Crippen molar-refractivity contribution in [2.45, 2.75) is 13.0 Å². The number of hydrogen-bond acceptors (Lipinski definition) is 2. The standard InChI is InChI=1S/C15H16BrNO/c1-11(12-6-4-3-5-7-12)17-15-10-13(18-2)8-9-14(15)16/h3-11,17H,1-2H3. The molecule has 0 heterocycles. The molecular formula is C15H16BrNO. The Morgan fingerprint density at radius 1 is 1.11 bits per heavy atom. The molecule has 2 nitrogen and oxygen atoms in total. The molecule has 1 atom stereocenters. The predicted molar refractivity (Wildman–Crippen MR) is 79.2 cm³/mol. The van der Waals surface area contributed by atoms with Crippen LogP contribution in [-0.4, -0.2) is 7.11 Å². The zero-order valence-corrected chi connectivity index (χ0v) is 12.1. The zero-order valence-electron chi connectivity index (χ0n) is 10.5. The van der Waals surface area contributed by atoms with E-state index < -0.39 is 0 Å². The van der Waals surface area contributed by atoms with Crippen molar-refractivity contribution in [2.75, 3.05) is 12.4 Å². The molecule has 0 aliphatic carbocycles. The second kappa shape index (κ2) is 5.91. The quantitative estimate of drug-likeness (QED) is 0.889. The summed E-state index contributed by atoms with van der Waals surface area (Å²) < 4.78 is 6.27. The number of hydrogen-bond donors (Lipinski definition) is 1. The molecule has 1 unspecified atom stereocenters. The Bertz CT molecular complexity index is 513. The van der Waals surface area contributed by atoms with Gasteiger partial charge in [0.2, 0.25) is 0 Å². The lowest BCUT2D eigenvalue weighted by atomic mass is 10.1. The number of anilines is 1. The van der Waals surface area contributed by atoms with E-state index in [0.717, 1.165) is 15.9 Å². The SMILES string of the molecule is COc1ccc(Br)c(NC(C)c2ccccc2)c1. The fourth-order valence-corrected chi connectivity index (χ4v) is 2.16. The number of methoxy groups -OCH3 is 1. The summed E-state index contributed by atoms with van der Waals surface area (Å²) in [6, 6.07) is 16.5. The van der Waals surface area contributed by atoms with Gasteiger partial charge in [-0.25, -0.2) is 0 Å². The highest BCUT2D eigenvalue weighted by Crippen LogP contribution is 2.30. The summed E-state index contributed by atoms with van der Waals surface area (Å²) in [5.41, 5.74) is 2.29. The van der Waals surface area contributed by atoms with Crippen LogP contribution in [0.15, 0.2) is 53.0 Å². The maximum Gasteiger partial charge on any atom is 0.121 e. The van der Waals surface area contributed by atoms with Crippen LogP contribution in [0, 0.1) is 0 Å². The molecule has 2 rings (SSSR count). The van der Waals surface area contributed by atoms with Gasteiger partial charge in [-0.3, -0.25) is 0 Å². The van der Waals surface area contributed by atoms with Crippen LogP contribution in [0.5, 0.6) is 5.75 Å². The third kappa shape index (κ3) is 3.05. The fourth-order valence-electron chi connectivity index (χ4n) is 1.80. The Kier molecular flexibility index (Phi) is 4.26. The molecule has 0 radical (unpaired) electrons. The van der Waals surface area contributed by atoms with Crippen molar-refractivity contribution >= 4 is 21.6 Å². The van der Waals surface area contributed by atoms with Crippen LogP contribution < -0.4 is 10.1 Å². The van der Waals surface area contributed by atoms with Gasteiger partial charge in [-0.15, -0.1) is 0 Å². The van der Waals surface area contributed by atoms with Crippen LogP contribution in [-0.2, 0) is 0 Å². The Labute approximate surface area is 116 Å². The molecule has 0 saturated carbocycles. The Morgan fingerprint density at radius 3 is 2.50 bits per heavy atom. The van der Waals surface area contributed by atoms with Crippen LogP contribution in [0.1, 0.15) is 18.5 Å². The highest BCUT2D eigenvalue weighted by Gasteiger charge is 2.07. The highest BCUT2D eigenvalue weighted by atomic mass is 79.9. The van der Waals surface area contributed by atoms with Crippen molar-refractivity contribution in [3.05, 3.63) is 58.6 Å². The molecular weight excluding hydrogens is 290 g/mol. The van der Waals surface area contributed by atoms with E-state index in [-0.39, 0.29) is 6.04 Å². The Morgan fingerprint density at radius 2 is 1.83 bits per heavy atom. The maximum atomic E-state index is 5.24. The van der Waals surface area contributed by atoms with Gasteiger partial charge in [-0.2, -0.15) is 0 Å². The van der Waals surface area contributed by atoms with Crippen LogP contribution >= 0.6 is 15.9 Å². The minimum Gasteiger partial charge on any atom is -0.497 e.